The summed E-state index contributed by atoms with van der Waals surface area (Å²) in [4.78, 5) is 4.36. The summed E-state index contributed by atoms with van der Waals surface area (Å²) in [7, 11) is 0. The molecule has 0 aliphatic heterocycles. The van der Waals surface area contributed by atoms with E-state index in [9.17, 15) is 0 Å². The van der Waals surface area contributed by atoms with E-state index in [1.807, 2.05) is 12.1 Å². The largest absolute Gasteiger partial charge is 0.271 e. The molecule has 2 rings (SSSR count). The molecule has 3 N–H and O–H groups in total. The molecule has 1 unspecified atom stereocenters. The highest BCUT2D eigenvalue weighted by atomic mass is 127. The molecule has 2 aromatic heterocycles. The smallest absolute Gasteiger partial charge is 0.0656 e. The standard InChI is InChI=1S/C11H11BrIN3S/c12-8-1-2-9(15-5-8)4-10(16-14)7-3-11(13)17-6-7/h1-3,5-6,10,16H,4,14H2. The first-order chi connectivity index (χ1) is 8.19. The molecule has 1 atom stereocenters. The van der Waals surface area contributed by atoms with E-state index in [0.29, 0.717) is 0 Å². The Hall–Kier alpha value is -0.0200. The Morgan fingerprint density at radius 1 is 1.53 bits per heavy atom. The van der Waals surface area contributed by atoms with Crippen molar-refractivity contribution in [1.29, 1.82) is 0 Å². The van der Waals surface area contributed by atoms with Crippen molar-refractivity contribution in [3.63, 3.8) is 0 Å². The lowest BCUT2D eigenvalue weighted by Gasteiger charge is -2.13. The van der Waals surface area contributed by atoms with Gasteiger partial charge in [0.2, 0.25) is 0 Å². The SMILES string of the molecule is NNC(Cc1ccc(Br)cn1)c1csc(I)c1. The van der Waals surface area contributed by atoms with Gasteiger partial charge in [0, 0.05) is 22.8 Å². The van der Waals surface area contributed by atoms with Gasteiger partial charge in [0.25, 0.3) is 0 Å². The first-order valence-corrected chi connectivity index (χ1v) is 7.74. The molecule has 0 saturated heterocycles. The van der Waals surface area contributed by atoms with Crippen molar-refractivity contribution in [2.45, 2.75) is 12.5 Å². The summed E-state index contributed by atoms with van der Waals surface area (Å²) in [5.41, 5.74) is 5.09. The molecule has 0 aliphatic rings. The predicted octanol–water partition coefficient (Wildman–Crippen LogP) is 3.26. The van der Waals surface area contributed by atoms with Gasteiger partial charge in [-0.05, 0) is 67.7 Å². The molecule has 0 bridgehead atoms. The molecular weight excluding hydrogens is 413 g/mol. The number of nitrogens with one attached hydrogen (secondary N) is 1. The summed E-state index contributed by atoms with van der Waals surface area (Å²) in [6.07, 6.45) is 2.59. The maximum atomic E-state index is 5.61. The molecule has 90 valence electrons. The van der Waals surface area contributed by atoms with Gasteiger partial charge in [-0.3, -0.25) is 16.3 Å². The molecule has 0 amide bonds. The summed E-state index contributed by atoms with van der Waals surface area (Å²) >= 11 is 7.41. The first kappa shape index (κ1) is 13.4. The van der Waals surface area contributed by atoms with Crippen LogP contribution in [0.5, 0.6) is 0 Å². The second-order valence-corrected chi connectivity index (χ2v) is 7.30. The lowest BCUT2D eigenvalue weighted by Crippen LogP contribution is -2.29. The minimum absolute atomic E-state index is 0.114. The molecule has 17 heavy (non-hydrogen) atoms. The van der Waals surface area contributed by atoms with Crippen LogP contribution in [0.3, 0.4) is 0 Å². The van der Waals surface area contributed by atoms with Crippen LogP contribution >= 0.6 is 49.9 Å². The highest BCUT2D eigenvalue weighted by Crippen LogP contribution is 2.24. The Labute approximate surface area is 126 Å². The number of rotatable bonds is 4. The third-order valence-electron chi connectivity index (χ3n) is 2.39. The molecule has 0 radical (unpaired) electrons. The lowest BCUT2D eigenvalue weighted by atomic mass is 10.1. The fraction of sp³-hybridized carbons (Fsp3) is 0.182. The number of halogens is 2. The minimum Gasteiger partial charge on any atom is -0.271 e. The van der Waals surface area contributed by atoms with Crippen LogP contribution in [0.15, 0.2) is 34.2 Å². The van der Waals surface area contributed by atoms with E-state index >= 15 is 0 Å². The van der Waals surface area contributed by atoms with Crippen molar-refractivity contribution >= 4 is 49.9 Å². The fourth-order valence-electron chi connectivity index (χ4n) is 1.52. The number of aromatic nitrogens is 1. The van der Waals surface area contributed by atoms with Crippen molar-refractivity contribution < 1.29 is 0 Å². The Morgan fingerprint density at radius 2 is 2.35 bits per heavy atom. The number of thiophene rings is 1. The molecule has 2 heterocycles. The Morgan fingerprint density at radius 3 is 2.88 bits per heavy atom. The molecule has 0 fully saturated rings. The third kappa shape index (κ3) is 3.72. The number of nitrogens with zero attached hydrogens (tertiary/aromatic N) is 1. The molecule has 6 heteroatoms. The van der Waals surface area contributed by atoms with Gasteiger partial charge in [-0.2, -0.15) is 0 Å². The van der Waals surface area contributed by atoms with Gasteiger partial charge in [-0.15, -0.1) is 11.3 Å². The van der Waals surface area contributed by atoms with Gasteiger partial charge in [-0.1, -0.05) is 0 Å². The molecule has 0 aromatic carbocycles. The first-order valence-electron chi connectivity index (χ1n) is 4.99. The second-order valence-electron chi connectivity index (χ2n) is 3.58. The number of nitrogens with two attached hydrogens (primary N) is 1. The average Bonchev–Trinajstić information content (AvgIpc) is 2.75. The van der Waals surface area contributed by atoms with Crippen molar-refractivity contribution in [1.82, 2.24) is 10.4 Å². The van der Waals surface area contributed by atoms with Crippen LogP contribution < -0.4 is 11.3 Å². The zero-order chi connectivity index (χ0) is 12.3. The van der Waals surface area contributed by atoms with Crippen LogP contribution in [0.1, 0.15) is 17.3 Å². The Bertz CT molecular complexity index is 486. The quantitative estimate of drug-likeness (QED) is 0.450. The highest BCUT2D eigenvalue weighted by Gasteiger charge is 2.12. The van der Waals surface area contributed by atoms with Gasteiger partial charge >= 0.3 is 0 Å². The molecule has 0 saturated carbocycles. The fourth-order valence-corrected chi connectivity index (χ4v) is 3.18. The van der Waals surface area contributed by atoms with Crippen molar-refractivity contribution in [2.24, 2.45) is 5.84 Å². The van der Waals surface area contributed by atoms with E-state index in [1.165, 1.54) is 8.45 Å². The van der Waals surface area contributed by atoms with Gasteiger partial charge in [0.05, 0.1) is 8.93 Å². The van der Waals surface area contributed by atoms with Crippen LogP contribution in [0.25, 0.3) is 0 Å². The predicted molar refractivity (Wildman–Crippen MR) is 82.7 cm³/mol. The van der Waals surface area contributed by atoms with Gasteiger partial charge in [-0.25, -0.2) is 0 Å². The second kappa shape index (κ2) is 6.24. The third-order valence-corrected chi connectivity index (χ3v) is 4.67. The van der Waals surface area contributed by atoms with Crippen LogP contribution in [0, 0.1) is 2.88 Å². The average molecular weight is 424 g/mol. The zero-order valence-corrected chi connectivity index (χ0v) is 13.4. The summed E-state index contributed by atoms with van der Waals surface area (Å²) < 4.78 is 2.25. The van der Waals surface area contributed by atoms with Crippen molar-refractivity contribution in [2.75, 3.05) is 0 Å². The summed E-state index contributed by atoms with van der Waals surface area (Å²) in [5.74, 6) is 5.61. The van der Waals surface area contributed by atoms with Crippen LogP contribution in [0.4, 0.5) is 0 Å². The van der Waals surface area contributed by atoms with Crippen molar-refractivity contribution in [3.05, 3.63) is 48.4 Å². The summed E-state index contributed by atoms with van der Waals surface area (Å²) in [5, 5.41) is 2.13. The normalized spacial score (nSPS) is 12.6. The topological polar surface area (TPSA) is 50.9 Å². The molecule has 0 aliphatic carbocycles. The number of hydrogen-bond acceptors (Lipinski definition) is 4. The number of hydrazine groups is 1. The van der Waals surface area contributed by atoms with Crippen LogP contribution in [0.2, 0.25) is 0 Å². The maximum absolute atomic E-state index is 5.61. The number of hydrogen-bond donors (Lipinski definition) is 2. The van der Waals surface area contributed by atoms with Crippen LogP contribution in [-0.4, -0.2) is 4.98 Å². The molecular formula is C11H11BrIN3S. The van der Waals surface area contributed by atoms with E-state index in [4.69, 9.17) is 5.84 Å². The van der Waals surface area contributed by atoms with Gasteiger partial charge in [0.1, 0.15) is 0 Å². The maximum Gasteiger partial charge on any atom is 0.0656 e. The summed E-state index contributed by atoms with van der Waals surface area (Å²) in [6.45, 7) is 0. The lowest BCUT2D eigenvalue weighted by molar-refractivity contribution is 0.547. The van der Waals surface area contributed by atoms with E-state index in [1.54, 1.807) is 17.5 Å². The Kier molecular flexibility index (Phi) is 4.92. The molecule has 3 nitrogen and oxygen atoms in total. The van der Waals surface area contributed by atoms with E-state index < -0.39 is 0 Å². The minimum atomic E-state index is 0.114. The summed E-state index contributed by atoms with van der Waals surface area (Å²) in [6, 6.07) is 6.26. The molecule has 2 aromatic rings. The van der Waals surface area contributed by atoms with Crippen molar-refractivity contribution in [3.8, 4) is 0 Å². The molecule has 0 spiro atoms. The van der Waals surface area contributed by atoms with Gasteiger partial charge < -0.3 is 0 Å². The Balaban J connectivity index is 2.12. The van der Waals surface area contributed by atoms with E-state index in [-0.39, 0.29) is 6.04 Å². The highest BCUT2D eigenvalue weighted by molar-refractivity contribution is 14.1. The van der Waals surface area contributed by atoms with E-state index in [2.05, 4.69) is 60.4 Å². The zero-order valence-electron chi connectivity index (χ0n) is 8.86. The van der Waals surface area contributed by atoms with E-state index in [0.717, 1.165) is 16.6 Å². The monoisotopic (exact) mass is 423 g/mol. The van der Waals surface area contributed by atoms with Crippen LogP contribution in [-0.2, 0) is 6.42 Å². The van der Waals surface area contributed by atoms with Gasteiger partial charge in [0.15, 0.2) is 0 Å². The number of pyridine rings is 1.